The summed E-state index contributed by atoms with van der Waals surface area (Å²) in [6.45, 7) is 0.535. The van der Waals surface area contributed by atoms with Gasteiger partial charge in [-0.25, -0.2) is 0 Å². The summed E-state index contributed by atoms with van der Waals surface area (Å²) in [6.07, 6.45) is 0. The van der Waals surface area contributed by atoms with Crippen molar-refractivity contribution < 1.29 is 9.53 Å². The van der Waals surface area contributed by atoms with Gasteiger partial charge in [-0.3, -0.25) is 4.79 Å². The quantitative estimate of drug-likeness (QED) is 0.729. The summed E-state index contributed by atoms with van der Waals surface area (Å²) in [5, 5.41) is 4.17. The average Bonchev–Trinajstić information content (AvgIpc) is 3.06. The summed E-state index contributed by atoms with van der Waals surface area (Å²) in [7, 11) is 5.68. The molecule has 1 atom stereocenters. The molecule has 0 aliphatic heterocycles. The molecule has 1 heterocycles. The summed E-state index contributed by atoms with van der Waals surface area (Å²) < 4.78 is 6.44. The van der Waals surface area contributed by atoms with Gasteiger partial charge in [0, 0.05) is 11.2 Å². The van der Waals surface area contributed by atoms with E-state index >= 15 is 0 Å². The average molecular weight is 354 g/mol. The number of benzene rings is 2. The number of carbonyl (C=O) groups is 1. The van der Waals surface area contributed by atoms with E-state index in [0.717, 1.165) is 26.3 Å². The van der Waals surface area contributed by atoms with Crippen LogP contribution in [0.25, 0.3) is 10.1 Å². The fourth-order valence-corrected chi connectivity index (χ4v) is 3.80. The minimum absolute atomic E-state index is 0.0315. The molecule has 0 fully saturated rings. The lowest BCUT2D eigenvalue weighted by Gasteiger charge is -2.25. The minimum atomic E-state index is -0.0315. The molecule has 3 rings (SSSR count). The molecule has 5 heteroatoms. The summed E-state index contributed by atoms with van der Waals surface area (Å²) in [5.74, 6) is 0.788. The number of ether oxygens (including phenoxy) is 1. The van der Waals surface area contributed by atoms with Crippen LogP contribution in [0.15, 0.2) is 54.6 Å². The highest BCUT2D eigenvalue weighted by Crippen LogP contribution is 2.26. The summed E-state index contributed by atoms with van der Waals surface area (Å²) >= 11 is 1.52. The Morgan fingerprint density at radius 2 is 1.96 bits per heavy atom. The third-order valence-electron chi connectivity index (χ3n) is 4.21. The summed E-state index contributed by atoms with van der Waals surface area (Å²) in [5.41, 5.74) is 1.11. The van der Waals surface area contributed by atoms with Crippen LogP contribution in [0, 0.1) is 0 Å². The third-order valence-corrected chi connectivity index (χ3v) is 5.32. The molecule has 0 aliphatic carbocycles. The van der Waals surface area contributed by atoms with Crippen LogP contribution >= 0.6 is 11.3 Å². The van der Waals surface area contributed by atoms with Crippen LogP contribution < -0.4 is 10.1 Å². The normalized spacial score (nSPS) is 12.3. The molecule has 0 bridgehead atoms. The van der Waals surface area contributed by atoms with E-state index in [-0.39, 0.29) is 11.9 Å². The number of likely N-dealkylation sites (N-methyl/N-ethyl adjacent to an activating group) is 1. The number of methoxy groups -OCH3 is 1. The van der Waals surface area contributed by atoms with Gasteiger partial charge in [-0.05, 0) is 49.3 Å². The third kappa shape index (κ3) is 4.00. The predicted octanol–water partition coefficient (Wildman–Crippen LogP) is 3.94. The standard InChI is InChI=1S/C20H22N2O2S/c1-22(2)17(14-8-6-9-16(11-14)24-3)13-21-20(23)19-12-15-7-4-5-10-18(15)25-19/h4-12,17H,13H2,1-3H3,(H,21,23). The van der Waals surface area contributed by atoms with E-state index in [1.165, 1.54) is 11.3 Å². The van der Waals surface area contributed by atoms with E-state index in [1.54, 1.807) is 7.11 Å². The second-order valence-electron chi connectivity index (χ2n) is 6.11. The number of hydrogen-bond acceptors (Lipinski definition) is 4. The molecule has 0 saturated heterocycles. The van der Waals surface area contributed by atoms with Gasteiger partial charge in [0.15, 0.2) is 0 Å². The van der Waals surface area contributed by atoms with Crippen LogP contribution in [-0.4, -0.2) is 38.6 Å². The summed E-state index contributed by atoms with van der Waals surface area (Å²) in [6, 6.07) is 18.0. The Morgan fingerprint density at radius 3 is 2.68 bits per heavy atom. The molecule has 1 unspecified atom stereocenters. The van der Waals surface area contributed by atoms with Crippen molar-refractivity contribution in [3.8, 4) is 5.75 Å². The van der Waals surface area contributed by atoms with Gasteiger partial charge >= 0.3 is 0 Å². The molecule has 1 aromatic heterocycles. The van der Waals surface area contributed by atoms with E-state index in [9.17, 15) is 4.79 Å². The van der Waals surface area contributed by atoms with Crippen molar-refractivity contribution in [2.45, 2.75) is 6.04 Å². The van der Waals surface area contributed by atoms with Crippen LogP contribution in [0.4, 0.5) is 0 Å². The number of nitrogens with one attached hydrogen (secondary N) is 1. The number of thiophene rings is 1. The number of hydrogen-bond donors (Lipinski definition) is 1. The molecule has 0 aliphatic rings. The van der Waals surface area contributed by atoms with Gasteiger partial charge in [-0.2, -0.15) is 0 Å². The first-order chi connectivity index (χ1) is 12.1. The highest BCUT2D eigenvalue weighted by atomic mass is 32.1. The van der Waals surface area contributed by atoms with Gasteiger partial charge in [-0.1, -0.05) is 30.3 Å². The van der Waals surface area contributed by atoms with Crippen LogP contribution in [0.2, 0.25) is 0 Å². The molecular formula is C20H22N2O2S. The molecule has 2 aromatic carbocycles. The lowest BCUT2D eigenvalue weighted by Crippen LogP contribution is -2.34. The van der Waals surface area contributed by atoms with E-state index < -0.39 is 0 Å². The van der Waals surface area contributed by atoms with Crippen molar-refractivity contribution in [3.63, 3.8) is 0 Å². The zero-order valence-corrected chi connectivity index (χ0v) is 15.5. The van der Waals surface area contributed by atoms with E-state index in [0.29, 0.717) is 6.54 Å². The zero-order chi connectivity index (χ0) is 17.8. The van der Waals surface area contributed by atoms with E-state index in [1.807, 2.05) is 62.6 Å². The van der Waals surface area contributed by atoms with Gasteiger partial charge < -0.3 is 15.0 Å². The van der Waals surface area contributed by atoms with Crippen molar-refractivity contribution >= 4 is 27.3 Å². The number of carbonyl (C=O) groups excluding carboxylic acids is 1. The van der Waals surface area contributed by atoms with E-state index in [4.69, 9.17) is 4.74 Å². The maximum atomic E-state index is 12.6. The Balaban J connectivity index is 1.73. The maximum Gasteiger partial charge on any atom is 0.261 e. The lowest BCUT2D eigenvalue weighted by atomic mass is 10.1. The van der Waals surface area contributed by atoms with Gasteiger partial charge in [0.2, 0.25) is 0 Å². The first-order valence-corrected chi connectivity index (χ1v) is 8.97. The number of rotatable bonds is 6. The molecule has 0 radical (unpaired) electrons. The molecule has 130 valence electrons. The fraction of sp³-hybridized carbons (Fsp3) is 0.250. The number of fused-ring (bicyclic) bond motifs is 1. The first-order valence-electron chi connectivity index (χ1n) is 8.15. The molecule has 0 saturated carbocycles. The van der Waals surface area contributed by atoms with Crippen LogP contribution in [0.5, 0.6) is 5.75 Å². The predicted molar refractivity (Wildman–Crippen MR) is 104 cm³/mol. The highest BCUT2D eigenvalue weighted by Gasteiger charge is 2.17. The second-order valence-corrected chi connectivity index (χ2v) is 7.20. The Bertz CT molecular complexity index is 840. The molecule has 4 nitrogen and oxygen atoms in total. The number of nitrogens with zero attached hydrogens (tertiary/aromatic N) is 1. The van der Waals surface area contributed by atoms with Crippen molar-refractivity contribution in [3.05, 3.63) is 65.0 Å². The zero-order valence-electron chi connectivity index (χ0n) is 14.7. The smallest absolute Gasteiger partial charge is 0.261 e. The van der Waals surface area contributed by atoms with E-state index in [2.05, 4.69) is 16.3 Å². The fourth-order valence-electron chi connectivity index (χ4n) is 2.82. The van der Waals surface area contributed by atoms with Crippen LogP contribution in [-0.2, 0) is 0 Å². The molecular weight excluding hydrogens is 332 g/mol. The molecule has 25 heavy (non-hydrogen) atoms. The summed E-state index contributed by atoms with van der Waals surface area (Å²) in [4.78, 5) is 15.4. The largest absolute Gasteiger partial charge is 0.497 e. The topological polar surface area (TPSA) is 41.6 Å². The Kier molecular flexibility index (Phi) is 5.36. The molecule has 0 spiro atoms. The van der Waals surface area contributed by atoms with Gasteiger partial charge in [-0.15, -0.1) is 11.3 Å². The van der Waals surface area contributed by atoms with Crippen molar-refractivity contribution in [2.75, 3.05) is 27.7 Å². The first kappa shape index (κ1) is 17.5. The second kappa shape index (κ2) is 7.68. The van der Waals surface area contributed by atoms with Crippen LogP contribution in [0.3, 0.4) is 0 Å². The van der Waals surface area contributed by atoms with Gasteiger partial charge in [0.05, 0.1) is 18.0 Å². The SMILES string of the molecule is COc1cccc(C(CNC(=O)c2cc3ccccc3s2)N(C)C)c1. The van der Waals surface area contributed by atoms with Crippen molar-refractivity contribution in [2.24, 2.45) is 0 Å². The van der Waals surface area contributed by atoms with Crippen molar-refractivity contribution in [1.29, 1.82) is 0 Å². The van der Waals surface area contributed by atoms with Crippen LogP contribution in [0.1, 0.15) is 21.3 Å². The van der Waals surface area contributed by atoms with Gasteiger partial charge in [0.1, 0.15) is 5.75 Å². The maximum absolute atomic E-state index is 12.6. The Morgan fingerprint density at radius 1 is 1.16 bits per heavy atom. The number of amides is 1. The van der Waals surface area contributed by atoms with Crippen molar-refractivity contribution in [1.82, 2.24) is 10.2 Å². The minimum Gasteiger partial charge on any atom is -0.497 e. The monoisotopic (exact) mass is 354 g/mol. The molecule has 1 N–H and O–H groups in total. The van der Waals surface area contributed by atoms with Gasteiger partial charge in [0.25, 0.3) is 5.91 Å². The Labute approximate surface area is 152 Å². The Hall–Kier alpha value is -2.37. The lowest BCUT2D eigenvalue weighted by molar-refractivity contribution is 0.0946. The molecule has 1 amide bonds. The molecule has 3 aromatic rings. The highest BCUT2D eigenvalue weighted by molar-refractivity contribution is 7.20.